The standard InChI is InChI=1S/C23H19N/c1-18-22(16-14-20-10-6-4-7-11-20)19(2)24(3)23(18)17-15-21-12-8-5-9-13-21/h4-13H,1-3H3. The van der Waals surface area contributed by atoms with Crippen LogP contribution in [0.25, 0.3) is 0 Å². The van der Waals surface area contributed by atoms with Crippen molar-refractivity contribution in [3.8, 4) is 23.7 Å². The highest BCUT2D eigenvalue weighted by atomic mass is 15.0. The normalized spacial score (nSPS) is 9.62. The molecule has 0 aliphatic heterocycles. The van der Waals surface area contributed by atoms with Crippen molar-refractivity contribution in [2.75, 3.05) is 0 Å². The van der Waals surface area contributed by atoms with E-state index < -0.39 is 0 Å². The van der Waals surface area contributed by atoms with Gasteiger partial charge >= 0.3 is 0 Å². The molecule has 1 heteroatoms. The third kappa shape index (κ3) is 3.27. The quantitative estimate of drug-likeness (QED) is 0.541. The Labute approximate surface area is 144 Å². The molecule has 1 heterocycles. The van der Waals surface area contributed by atoms with Gasteiger partial charge in [0.15, 0.2) is 0 Å². The van der Waals surface area contributed by atoms with Gasteiger partial charge in [-0.25, -0.2) is 0 Å². The van der Waals surface area contributed by atoms with E-state index in [0.29, 0.717) is 0 Å². The second kappa shape index (κ2) is 6.95. The molecule has 0 radical (unpaired) electrons. The highest BCUT2D eigenvalue weighted by Gasteiger charge is 2.11. The summed E-state index contributed by atoms with van der Waals surface area (Å²) in [5.41, 5.74) is 6.42. The second-order valence-electron chi connectivity index (χ2n) is 5.73. The van der Waals surface area contributed by atoms with Crippen LogP contribution >= 0.6 is 0 Å². The van der Waals surface area contributed by atoms with E-state index in [9.17, 15) is 0 Å². The first kappa shape index (κ1) is 15.7. The Morgan fingerprint density at radius 3 is 1.71 bits per heavy atom. The maximum Gasteiger partial charge on any atom is 0.0965 e. The molecule has 0 saturated carbocycles. The molecule has 3 aromatic rings. The molecule has 2 aromatic carbocycles. The number of aromatic nitrogens is 1. The Balaban J connectivity index is 2.00. The van der Waals surface area contributed by atoms with Crippen LogP contribution in [0.15, 0.2) is 60.7 Å². The fourth-order valence-corrected chi connectivity index (χ4v) is 2.65. The van der Waals surface area contributed by atoms with E-state index in [-0.39, 0.29) is 0 Å². The number of hydrogen-bond acceptors (Lipinski definition) is 0. The molecule has 0 saturated heterocycles. The van der Waals surface area contributed by atoms with Crippen LogP contribution in [0.4, 0.5) is 0 Å². The van der Waals surface area contributed by atoms with Gasteiger partial charge in [0.25, 0.3) is 0 Å². The summed E-state index contributed by atoms with van der Waals surface area (Å²) in [4.78, 5) is 0. The van der Waals surface area contributed by atoms with E-state index in [1.807, 2.05) is 67.7 Å². The van der Waals surface area contributed by atoms with E-state index in [4.69, 9.17) is 0 Å². The van der Waals surface area contributed by atoms with Crippen molar-refractivity contribution >= 4 is 0 Å². The molecule has 0 amide bonds. The number of rotatable bonds is 0. The largest absolute Gasteiger partial charge is 0.340 e. The molecule has 0 spiro atoms. The van der Waals surface area contributed by atoms with Crippen molar-refractivity contribution in [1.29, 1.82) is 0 Å². The molecule has 0 unspecified atom stereocenters. The Hall–Kier alpha value is -3.16. The molecule has 0 atom stereocenters. The molecule has 1 nitrogen and oxygen atoms in total. The Kier molecular flexibility index (Phi) is 4.55. The Morgan fingerprint density at radius 2 is 1.17 bits per heavy atom. The van der Waals surface area contributed by atoms with E-state index in [0.717, 1.165) is 33.6 Å². The van der Waals surface area contributed by atoms with E-state index in [1.165, 1.54) is 0 Å². The van der Waals surface area contributed by atoms with Crippen LogP contribution in [-0.2, 0) is 7.05 Å². The first-order valence-corrected chi connectivity index (χ1v) is 7.97. The summed E-state index contributed by atoms with van der Waals surface area (Å²) >= 11 is 0. The molecule has 116 valence electrons. The maximum atomic E-state index is 3.32. The van der Waals surface area contributed by atoms with Gasteiger partial charge in [0.1, 0.15) is 0 Å². The van der Waals surface area contributed by atoms with Gasteiger partial charge < -0.3 is 4.57 Å². The van der Waals surface area contributed by atoms with Gasteiger partial charge in [-0.3, -0.25) is 0 Å². The van der Waals surface area contributed by atoms with Gasteiger partial charge in [0.2, 0.25) is 0 Å². The topological polar surface area (TPSA) is 4.93 Å². The minimum Gasteiger partial charge on any atom is -0.340 e. The lowest BCUT2D eigenvalue weighted by atomic mass is 10.1. The van der Waals surface area contributed by atoms with E-state index >= 15 is 0 Å². The molecular weight excluding hydrogens is 290 g/mol. The second-order valence-corrected chi connectivity index (χ2v) is 5.73. The minimum atomic E-state index is 1.02. The van der Waals surface area contributed by atoms with Crippen LogP contribution in [0, 0.1) is 37.5 Å². The first-order chi connectivity index (χ1) is 11.7. The molecule has 0 N–H and O–H groups in total. The van der Waals surface area contributed by atoms with Gasteiger partial charge in [0, 0.05) is 29.4 Å². The summed E-state index contributed by atoms with van der Waals surface area (Å²) in [6, 6.07) is 20.1. The summed E-state index contributed by atoms with van der Waals surface area (Å²) in [5, 5.41) is 0. The lowest BCUT2D eigenvalue weighted by Crippen LogP contribution is -1.95. The van der Waals surface area contributed by atoms with Gasteiger partial charge in [-0.1, -0.05) is 54.2 Å². The summed E-state index contributed by atoms with van der Waals surface area (Å²) in [5.74, 6) is 13.1. The monoisotopic (exact) mass is 309 g/mol. The highest BCUT2D eigenvalue weighted by Crippen LogP contribution is 2.19. The van der Waals surface area contributed by atoms with E-state index in [2.05, 4.69) is 42.1 Å². The molecular formula is C23H19N. The van der Waals surface area contributed by atoms with Gasteiger partial charge in [0.05, 0.1) is 5.69 Å². The zero-order valence-corrected chi connectivity index (χ0v) is 14.2. The third-order valence-corrected chi connectivity index (χ3v) is 4.14. The lowest BCUT2D eigenvalue weighted by Gasteiger charge is -1.98. The summed E-state index contributed by atoms with van der Waals surface area (Å²) in [7, 11) is 2.05. The summed E-state index contributed by atoms with van der Waals surface area (Å²) < 4.78 is 2.13. The van der Waals surface area contributed by atoms with Crippen molar-refractivity contribution < 1.29 is 0 Å². The number of nitrogens with zero attached hydrogens (tertiary/aromatic N) is 1. The molecule has 0 aliphatic carbocycles. The fourth-order valence-electron chi connectivity index (χ4n) is 2.65. The van der Waals surface area contributed by atoms with Crippen molar-refractivity contribution in [3.05, 3.63) is 94.3 Å². The average Bonchev–Trinajstić information content (AvgIpc) is 2.82. The van der Waals surface area contributed by atoms with Crippen LogP contribution in [0.5, 0.6) is 0 Å². The highest BCUT2D eigenvalue weighted by molar-refractivity contribution is 5.56. The molecule has 1 aromatic heterocycles. The number of hydrogen-bond donors (Lipinski definition) is 0. The fraction of sp³-hybridized carbons (Fsp3) is 0.130. The van der Waals surface area contributed by atoms with Gasteiger partial charge in [-0.15, -0.1) is 0 Å². The number of benzene rings is 2. The first-order valence-electron chi connectivity index (χ1n) is 7.97. The maximum absolute atomic E-state index is 3.32. The molecule has 24 heavy (non-hydrogen) atoms. The predicted molar refractivity (Wildman–Crippen MR) is 99.7 cm³/mol. The van der Waals surface area contributed by atoms with Crippen molar-refractivity contribution in [3.63, 3.8) is 0 Å². The summed E-state index contributed by atoms with van der Waals surface area (Å²) in [6.07, 6.45) is 0. The Bertz CT molecular complexity index is 888. The average molecular weight is 309 g/mol. The lowest BCUT2D eigenvalue weighted by molar-refractivity contribution is 0.865. The zero-order valence-electron chi connectivity index (χ0n) is 14.2. The van der Waals surface area contributed by atoms with Crippen LogP contribution in [0.1, 0.15) is 33.6 Å². The zero-order chi connectivity index (χ0) is 16.9. The van der Waals surface area contributed by atoms with Gasteiger partial charge in [-0.05, 0) is 49.6 Å². The van der Waals surface area contributed by atoms with Crippen LogP contribution in [0.2, 0.25) is 0 Å². The minimum absolute atomic E-state index is 1.02. The van der Waals surface area contributed by atoms with Crippen molar-refractivity contribution in [2.24, 2.45) is 7.05 Å². The molecule has 3 rings (SSSR count). The van der Waals surface area contributed by atoms with Crippen LogP contribution in [0.3, 0.4) is 0 Å². The Morgan fingerprint density at radius 1 is 0.667 bits per heavy atom. The summed E-state index contributed by atoms with van der Waals surface area (Å²) in [6.45, 7) is 4.19. The van der Waals surface area contributed by atoms with Crippen molar-refractivity contribution in [2.45, 2.75) is 13.8 Å². The predicted octanol–water partition coefficient (Wildman–Crippen LogP) is 4.44. The van der Waals surface area contributed by atoms with Gasteiger partial charge in [-0.2, -0.15) is 0 Å². The van der Waals surface area contributed by atoms with Crippen LogP contribution in [-0.4, -0.2) is 4.57 Å². The molecule has 0 fully saturated rings. The molecule has 0 bridgehead atoms. The molecule has 0 aliphatic rings. The van der Waals surface area contributed by atoms with E-state index in [1.54, 1.807) is 0 Å². The van der Waals surface area contributed by atoms with Crippen LogP contribution < -0.4 is 0 Å². The smallest absolute Gasteiger partial charge is 0.0965 e. The SMILES string of the molecule is Cc1c(C#Cc2ccccc2)c(C)n(C)c1C#Cc1ccccc1. The third-order valence-electron chi connectivity index (χ3n) is 4.14. The van der Waals surface area contributed by atoms with Crippen molar-refractivity contribution in [1.82, 2.24) is 4.57 Å².